The Labute approximate surface area is 124 Å². The Hall–Kier alpha value is -1.13. The summed E-state index contributed by atoms with van der Waals surface area (Å²) in [5.41, 5.74) is 1.08. The summed E-state index contributed by atoms with van der Waals surface area (Å²) in [5.74, 6) is 0.557. The summed E-state index contributed by atoms with van der Waals surface area (Å²) in [6.07, 6.45) is 7.11. The number of nitro benzene ring substituents is 1. The van der Waals surface area contributed by atoms with Gasteiger partial charge < -0.3 is 5.32 Å². The highest BCUT2D eigenvalue weighted by Crippen LogP contribution is 2.30. The molecule has 0 amide bonds. The number of hydrogen-bond acceptors (Lipinski definition) is 3. The van der Waals surface area contributed by atoms with Gasteiger partial charge in [-0.25, -0.2) is 0 Å². The zero-order valence-corrected chi connectivity index (χ0v) is 12.5. The largest absolute Gasteiger partial charge is 0.317 e. The third-order valence-electron chi connectivity index (χ3n) is 4.26. The minimum atomic E-state index is -0.405. The van der Waals surface area contributed by atoms with Gasteiger partial charge in [0, 0.05) is 18.2 Å². The van der Waals surface area contributed by atoms with E-state index in [1.165, 1.54) is 38.2 Å². The average molecular weight is 297 g/mol. The lowest BCUT2D eigenvalue weighted by atomic mass is 9.88. The van der Waals surface area contributed by atoms with Crippen molar-refractivity contribution in [3.63, 3.8) is 0 Å². The van der Waals surface area contributed by atoms with Crippen molar-refractivity contribution < 1.29 is 4.92 Å². The van der Waals surface area contributed by atoms with E-state index in [4.69, 9.17) is 11.6 Å². The average Bonchev–Trinajstić information content (AvgIpc) is 2.65. The smallest absolute Gasteiger partial charge is 0.270 e. The number of nitrogens with one attached hydrogen (secondary N) is 1. The van der Waals surface area contributed by atoms with Crippen LogP contribution in [0.25, 0.3) is 0 Å². The molecule has 2 rings (SSSR count). The van der Waals surface area contributed by atoms with Crippen LogP contribution in [0, 0.1) is 16.0 Å². The molecule has 0 heterocycles. The van der Waals surface area contributed by atoms with Crippen molar-refractivity contribution in [3.8, 4) is 0 Å². The molecule has 0 bridgehead atoms. The second kappa shape index (κ2) is 7.04. The van der Waals surface area contributed by atoms with E-state index in [2.05, 4.69) is 5.32 Å². The van der Waals surface area contributed by atoms with Crippen molar-refractivity contribution >= 4 is 17.3 Å². The zero-order valence-electron chi connectivity index (χ0n) is 11.8. The van der Waals surface area contributed by atoms with Gasteiger partial charge in [-0.15, -0.1) is 0 Å². The molecule has 0 saturated heterocycles. The summed E-state index contributed by atoms with van der Waals surface area (Å²) < 4.78 is 0. The van der Waals surface area contributed by atoms with Crippen LogP contribution in [0.15, 0.2) is 18.2 Å². The molecule has 4 nitrogen and oxygen atoms in total. The van der Waals surface area contributed by atoms with Crippen LogP contribution in [0.1, 0.15) is 37.7 Å². The van der Waals surface area contributed by atoms with Gasteiger partial charge in [-0.1, -0.05) is 36.9 Å². The summed E-state index contributed by atoms with van der Waals surface area (Å²) in [4.78, 5) is 10.3. The van der Waals surface area contributed by atoms with Gasteiger partial charge in [0.25, 0.3) is 5.69 Å². The van der Waals surface area contributed by atoms with Crippen LogP contribution < -0.4 is 5.32 Å². The van der Waals surface area contributed by atoms with E-state index in [1.54, 1.807) is 12.1 Å². The molecule has 5 heteroatoms. The van der Waals surface area contributed by atoms with Crippen molar-refractivity contribution in [2.75, 3.05) is 7.05 Å². The highest BCUT2D eigenvalue weighted by molar-refractivity contribution is 6.31. The summed E-state index contributed by atoms with van der Waals surface area (Å²) in [5, 5.41) is 14.7. The van der Waals surface area contributed by atoms with Crippen molar-refractivity contribution in [2.24, 2.45) is 5.92 Å². The van der Waals surface area contributed by atoms with Crippen LogP contribution in [-0.4, -0.2) is 18.0 Å². The number of nitro groups is 1. The van der Waals surface area contributed by atoms with E-state index < -0.39 is 4.92 Å². The van der Waals surface area contributed by atoms with Crippen LogP contribution in [-0.2, 0) is 6.42 Å². The van der Waals surface area contributed by atoms with E-state index in [0.29, 0.717) is 17.0 Å². The molecule has 1 aromatic rings. The molecule has 0 spiro atoms. The van der Waals surface area contributed by atoms with Crippen LogP contribution in [0.3, 0.4) is 0 Å². The Morgan fingerprint density at radius 3 is 2.75 bits per heavy atom. The van der Waals surface area contributed by atoms with Crippen LogP contribution in [0.4, 0.5) is 5.69 Å². The van der Waals surface area contributed by atoms with E-state index in [1.807, 2.05) is 7.05 Å². The van der Waals surface area contributed by atoms with E-state index >= 15 is 0 Å². The third-order valence-corrected chi connectivity index (χ3v) is 4.61. The molecule has 0 aromatic heterocycles. The van der Waals surface area contributed by atoms with Gasteiger partial charge in [0.1, 0.15) is 0 Å². The summed E-state index contributed by atoms with van der Waals surface area (Å²) in [6.45, 7) is 0. The van der Waals surface area contributed by atoms with Gasteiger partial charge >= 0.3 is 0 Å². The molecule has 1 aliphatic carbocycles. The fourth-order valence-corrected chi connectivity index (χ4v) is 3.36. The minimum Gasteiger partial charge on any atom is -0.317 e. The first-order valence-corrected chi connectivity index (χ1v) is 7.59. The van der Waals surface area contributed by atoms with Gasteiger partial charge in [-0.3, -0.25) is 10.1 Å². The fourth-order valence-electron chi connectivity index (χ4n) is 3.11. The van der Waals surface area contributed by atoms with Crippen molar-refractivity contribution in [2.45, 2.75) is 44.6 Å². The van der Waals surface area contributed by atoms with Crippen molar-refractivity contribution in [3.05, 3.63) is 38.9 Å². The number of non-ortho nitro benzene ring substituents is 1. The topological polar surface area (TPSA) is 55.2 Å². The number of rotatable bonds is 4. The Balaban J connectivity index is 2.13. The van der Waals surface area contributed by atoms with Gasteiger partial charge in [0.15, 0.2) is 0 Å². The van der Waals surface area contributed by atoms with Gasteiger partial charge in [0.2, 0.25) is 0 Å². The Morgan fingerprint density at radius 1 is 1.35 bits per heavy atom. The molecule has 20 heavy (non-hydrogen) atoms. The highest BCUT2D eigenvalue weighted by atomic mass is 35.5. The molecule has 110 valence electrons. The first-order chi connectivity index (χ1) is 9.61. The molecule has 1 N–H and O–H groups in total. The van der Waals surface area contributed by atoms with E-state index in [9.17, 15) is 10.1 Å². The maximum Gasteiger partial charge on any atom is 0.270 e. The number of benzene rings is 1. The van der Waals surface area contributed by atoms with E-state index in [0.717, 1.165) is 12.0 Å². The molecule has 0 aliphatic heterocycles. The molecule has 2 atom stereocenters. The molecule has 1 fully saturated rings. The predicted octanol–water partition coefficient (Wildman–Crippen LogP) is 3.96. The molecule has 1 aromatic carbocycles. The molecule has 1 aliphatic rings. The molecule has 0 radical (unpaired) electrons. The lowest BCUT2D eigenvalue weighted by molar-refractivity contribution is -0.384. The van der Waals surface area contributed by atoms with Crippen LogP contribution in [0.2, 0.25) is 5.02 Å². The first kappa shape index (κ1) is 15.3. The minimum absolute atomic E-state index is 0.0600. The predicted molar refractivity (Wildman–Crippen MR) is 81.2 cm³/mol. The second-order valence-corrected chi connectivity index (χ2v) is 5.94. The molecular formula is C15H21ClN2O2. The number of halogens is 1. The van der Waals surface area contributed by atoms with Gasteiger partial charge in [0.05, 0.1) is 9.95 Å². The zero-order chi connectivity index (χ0) is 14.5. The third kappa shape index (κ3) is 3.70. The van der Waals surface area contributed by atoms with Gasteiger partial charge in [-0.2, -0.15) is 0 Å². The molecular weight excluding hydrogens is 276 g/mol. The monoisotopic (exact) mass is 296 g/mol. The standard InChI is InChI=1S/C15H21ClN2O2/c1-17-15-6-4-2-3-5-12(15)9-11-7-8-13(18(19)20)10-14(11)16/h7-8,10,12,15,17H,2-6,9H2,1H3. The van der Waals surface area contributed by atoms with Crippen LogP contribution >= 0.6 is 11.6 Å². The Bertz CT molecular complexity index is 479. The number of hydrogen-bond donors (Lipinski definition) is 1. The lowest BCUT2D eigenvalue weighted by Gasteiger charge is -2.25. The lowest BCUT2D eigenvalue weighted by Crippen LogP contribution is -2.33. The van der Waals surface area contributed by atoms with Crippen LogP contribution in [0.5, 0.6) is 0 Å². The maximum atomic E-state index is 10.7. The van der Waals surface area contributed by atoms with Crippen molar-refractivity contribution in [1.82, 2.24) is 5.32 Å². The van der Waals surface area contributed by atoms with E-state index in [-0.39, 0.29) is 5.69 Å². The Morgan fingerprint density at radius 2 is 2.10 bits per heavy atom. The summed E-state index contributed by atoms with van der Waals surface area (Å²) in [6, 6.07) is 5.33. The maximum absolute atomic E-state index is 10.7. The summed E-state index contributed by atoms with van der Waals surface area (Å²) >= 11 is 6.20. The molecule has 1 saturated carbocycles. The highest BCUT2D eigenvalue weighted by Gasteiger charge is 2.23. The quantitative estimate of drug-likeness (QED) is 0.520. The Kier molecular flexibility index (Phi) is 5.38. The second-order valence-electron chi connectivity index (χ2n) is 5.53. The summed E-state index contributed by atoms with van der Waals surface area (Å²) in [7, 11) is 2.01. The fraction of sp³-hybridized carbons (Fsp3) is 0.600. The first-order valence-electron chi connectivity index (χ1n) is 7.22. The number of nitrogens with zero attached hydrogens (tertiary/aromatic N) is 1. The van der Waals surface area contributed by atoms with Crippen molar-refractivity contribution in [1.29, 1.82) is 0 Å². The SMILES string of the molecule is CNC1CCCCCC1Cc1ccc([N+](=O)[O-])cc1Cl. The molecule has 2 unspecified atom stereocenters. The van der Waals surface area contributed by atoms with Gasteiger partial charge in [-0.05, 0) is 37.8 Å². The normalized spacial score (nSPS) is 23.3.